The highest BCUT2D eigenvalue weighted by Gasteiger charge is 2.11. The summed E-state index contributed by atoms with van der Waals surface area (Å²) in [6.07, 6.45) is 0.548. The van der Waals surface area contributed by atoms with E-state index in [1.165, 1.54) is 12.1 Å². The minimum atomic E-state index is -0.344. The molecule has 2 N–H and O–H groups in total. The summed E-state index contributed by atoms with van der Waals surface area (Å²) in [6.45, 7) is 0. The minimum absolute atomic E-state index is 0.210. The largest absolute Gasteiger partial charge is 0.497 e. The van der Waals surface area contributed by atoms with Gasteiger partial charge in [0.1, 0.15) is 11.6 Å². The van der Waals surface area contributed by atoms with Crippen LogP contribution in [0.3, 0.4) is 0 Å². The zero-order valence-electron chi connectivity index (χ0n) is 10.6. The van der Waals surface area contributed by atoms with Gasteiger partial charge in [-0.25, -0.2) is 4.39 Å². The summed E-state index contributed by atoms with van der Waals surface area (Å²) in [7, 11) is 1.61. The Balaban J connectivity index is 2.17. The molecule has 0 aliphatic heterocycles. The summed E-state index contributed by atoms with van der Waals surface area (Å²) >= 11 is 6.00. The van der Waals surface area contributed by atoms with Crippen LogP contribution in [0.2, 0.25) is 5.02 Å². The molecule has 4 heteroatoms. The van der Waals surface area contributed by atoms with Crippen LogP contribution >= 0.6 is 11.6 Å². The van der Waals surface area contributed by atoms with Gasteiger partial charge in [-0.15, -0.1) is 0 Å². The Morgan fingerprint density at radius 2 is 2.05 bits per heavy atom. The molecule has 0 saturated heterocycles. The average Bonchev–Trinajstić information content (AvgIpc) is 2.42. The van der Waals surface area contributed by atoms with E-state index in [0.717, 1.165) is 16.9 Å². The Hall–Kier alpha value is -1.58. The third kappa shape index (κ3) is 3.46. The Morgan fingerprint density at radius 1 is 1.26 bits per heavy atom. The van der Waals surface area contributed by atoms with Crippen molar-refractivity contribution in [3.05, 3.63) is 64.4 Å². The summed E-state index contributed by atoms with van der Waals surface area (Å²) in [5, 5.41) is 0.401. The average molecular weight is 280 g/mol. The highest BCUT2D eigenvalue weighted by atomic mass is 35.5. The van der Waals surface area contributed by atoms with Crippen LogP contribution in [0.4, 0.5) is 4.39 Å². The molecule has 0 bridgehead atoms. The first-order valence-electron chi connectivity index (χ1n) is 5.93. The van der Waals surface area contributed by atoms with Gasteiger partial charge in [0, 0.05) is 11.1 Å². The fourth-order valence-corrected chi connectivity index (χ4v) is 2.16. The number of hydrogen-bond acceptors (Lipinski definition) is 2. The molecular formula is C15H15ClFNO. The van der Waals surface area contributed by atoms with E-state index in [9.17, 15) is 4.39 Å². The fourth-order valence-electron chi connectivity index (χ4n) is 1.91. The first-order valence-corrected chi connectivity index (χ1v) is 6.31. The Labute approximate surface area is 117 Å². The molecule has 0 aliphatic carbocycles. The number of hydrogen-bond donors (Lipinski definition) is 1. The molecular weight excluding hydrogens is 265 g/mol. The van der Waals surface area contributed by atoms with E-state index in [1.54, 1.807) is 13.2 Å². The molecule has 2 aromatic carbocycles. The molecule has 0 amide bonds. The molecule has 0 saturated carbocycles. The number of methoxy groups -OCH3 is 1. The molecule has 2 rings (SSSR count). The number of ether oxygens (including phenoxy) is 1. The predicted octanol–water partition coefficient (Wildman–Crippen LogP) is 3.73. The second kappa shape index (κ2) is 6.04. The van der Waals surface area contributed by atoms with Gasteiger partial charge in [0.25, 0.3) is 0 Å². The third-order valence-electron chi connectivity index (χ3n) is 2.98. The van der Waals surface area contributed by atoms with Crippen molar-refractivity contribution in [3.8, 4) is 5.75 Å². The third-order valence-corrected chi connectivity index (χ3v) is 3.33. The lowest BCUT2D eigenvalue weighted by molar-refractivity contribution is 0.414. The van der Waals surface area contributed by atoms with Crippen molar-refractivity contribution in [2.75, 3.05) is 7.11 Å². The Morgan fingerprint density at radius 3 is 2.74 bits per heavy atom. The van der Waals surface area contributed by atoms with E-state index in [1.807, 2.05) is 24.3 Å². The second-order valence-corrected chi connectivity index (χ2v) is 4.73. The maximum atomic E-state index is 13.0. The lowest BCUT2D eigenvalue weighted by Gasteiger charge is -2.14. The van der Waals surface area contributed by atoms with Crippen molar-refractivity contribution in [1.29, 1.82) is 0 Å². The number of rotatable bonds is 4. The molecule has 19 heavy (non-hydrogen) atoms. The normalized spacial score (nSPS) is 12.2. The second-order valence-electron chi connectivity index (χ2n) is 4.32. The highest BCUT2D eigenvalue weighted by molar-refractivity contribution is 6.31. The molecule has 0 fully saturated rings. The Kier molecular flexibility index (Phi) is 4.40. The topological polar surface area (TPSA) is 35.2 Å². The van der Waals surface area contributed by atoms with E-state index in [2.05, 4.69) is 0 Å². The molecule has 0 heterocycles. The predicted molar refractivity (Wildman–Crippen MR) is 75.0 cm³/mol. The number of nitrogens with two attached hydrogens (primary N) is 1. The van der Waals surface area contributed by atoms with Crippen LogP contribution in [0.5, 0.6) is 5.75 Å². The van der Waals surface area contributed by atoms with E-state index >= 15 is 0 Å². The zero-order chi connectivity index (χ0) is 13.8. The molecule has 0 aromatic heterocycles. The smallest absolute Gasteiger partial charge is 0.124 e. The molecule has 1 atom stereocenters. The molecule has 0 spiro atoms. The van der Waals surface area contributed by atoms with E-state index < -0.39 is 0 Å². The van der Waals surface area contributed by atoms with Crippen LogP contribution in [0, 0.1) is 5.82 Å². The quantitative estimate of drug-likeness (QED) is 0.925. The van der Waals surface area contributed by atoms with Crippen molar-refractivity contribution >= 4 is 11.6 Å². The van der Waals surface area contributed by atoms with Crippen molar-refractivity contribution in [3.63, 3.8) is 0 Å². The summed E-state index contributed by atoms with van der Waals surface area (Å²) in [4.78, 5) is 0. The van der Waals surface area contributed by atoms with Crippen LogP contribution in [0.15, 0.2) is 42.5 Å². The lowest BCUT2D eigenvalue weighted by atomic mass is 9.99. The maximum absolute atomic E-state index is 13.0. The van der Waals surface area contributed by atoms with Crippen molar-refractivity contribution in [2.45, 2.75) is 12.5 Å². The number of halogens is 2. The van der Waals surface area contributed by atoms with Gasteiger partial charge in [-0.3, -0.25) is 0 Å². The summed E-state index contributed by atoms with van der Waals surface area (Å²) < 4.78 is 18.1. The zero-order valence-corrected chi connectivity index (χ0v) is 11.3. The Bertz CT molecular complexity index is 574. The van der Waals surface area contributed by atoms with Gasteiger partial charge in [-0.1, -0.05) is 29.8 Å². The van der Waals surface area contributed by atoms with Crippen molar-refractivity contribution in [2.24, 2.45) is 5.73 Å². The highest BCUT2D eigenvalue weighted by Crippen LogP contribution is 2.24. The number of benzene rings is 2. The molecule has 2 nitrogen and oxygen atoms in total. The van der Waals surface area contributed by atoms with Gasteiger partial charge in [-0.05, 0) is 41.8 Å². The molecule has 0 radical (unpaired) electrons. The van der Waals surface area contributed by atoms with Gasteiger partial charge in [0.2, 0.25) is 0 Å². The standard InChI is InChI=1S/C15H15ClFNO/c1-19-13-4-2-3-11(7-13)15(18)8-10-5-6-12(17)9-14(10)16/h2-7,9,15H,8,18H2,1H3. The SMILES string of the molecule is COc1cccc(C(N)Cc2ccc(F)cc2Cl)c1. The first kappa shape index (κ1) is 13.8. The van der Waals surface area contributed by atoms with Gasteiger partial charge in [-0.2, -0.15) is 0 Å². The first-order chi connectivity index (χ1) is 9.10. The van der Waals surface area contributed by atoms with Gasteiger partial charge >= 0.3 is 0 Å². The molecule has 100 valence electrons. The molecule has 1 unspecified atom stereocenters. The van der Waals surface area contributed by atoms with Crippen LogP contribution in [-0.2, 0) is 6.42 Å². The monoisotopic (exact) mass is 279 g/mol. The minimum Gasteiger partial charge on any atom is -0.497 e. The van der Waals surface area contributed by atoms with Crippen LogP contribution in [-0.4, -0.2) is 7.11 Å². The van der Waals surface area contributed by atoms with Crippen molar-refractivity contribution in [1.82, 2.24) is 0 Å². The van der Waals surface area contributed by atoms with Gasteiger partial charge in [0.05, 0.1) is 7.11 Å². The van der Waals surface area contributed by atoms with Crippen LogP contribution in [0.25, 0.3) is 0 Å². The fraction of sp³-hybridized carbons (Fsp3) is 0.200. The van der Waals surface area contributed by atoms with E-state index in [-0.39, 0.29) is 11.9 Å². The molecule has 2 aromatic rings. The van der Waals surface area contributed by atoms with E-state index in [0.29, 0.717) is 11.4 Å². The summed E-state index contributed by atoms with van der Waals surface area (Å²) in [5.74, 6) is 0.418. The van der Waals surface area contributed by atoms with Gasteiger partial charge in [0.15, 0.2) is 0 Å². The van der Waals surface area contributed by atoms with E-state index in [4.69, 9.17) is 22.1 Å². The van der Waals surface area contributed by atoms with Crippen molar-refractivity contribution < 1.29 is 9.13 Å². The van der Waals surface area contributed by atoms with Crippen LogP contribution in [0.1, 0.15) is 17.2 Å². The molecule has 0 aliphatic rings. The summed E-state index contributed by atoms with van der Waals surface area (Å²) in [5.41, 5.74) is 7.94. The van der Waals surface area contributed by atoms with Crippen LogP contribution < -0.4 is 10.5 Å². The lowest BCUT2D eigenvalue weighted by Crippen LogP contribution is -2.13. The van der Waals surface area contributed by atoms with Gasteiger partial charge < -0.3 is 10.5 Å². The summed E-state index contributed by atoms with van der Waals surface area (Å²) in [6, 6.07) is 11.7. The maximum Gasteiger partial charge on any atom is 0.124 e.